The summed E-state index contributed by atoms with van der Waals surface area (Å²) < 4.78 is 8.15. The van der Waals surface area contributed by atoms with Gasteiger partial charge in [-0.05, 0) is 63.3 Å². The van der Waals surface area contributed by atoms with Crippen LogP contribution in [0, 0.1) is 20.8 Å². The van der Waals surface area contributed by atoms with E-state index in [1.54, 1.807) is 4.52 Å². The second-order valence-electron chi connectivity index (χ2n) is 7.09. The molecule has 0 spiro atoms. The smallest absolute Gasteiger partial charge is 0.180 e. The Morgan fingerprint density at radius 3 is 2.70 bits per heavy atom. The molecular formula is C18H20N8S. The Morgan fingerprint density at radius 2 is 1.96 bits per heavy atom. The SMILES string of the molecule is CCn1nc([C@@H]2C[C@H]2c2nc(C)ns2)cc1-c1cc(C)c2nnc(C)n2n1. The third-order valence-electron chi connectivity index (χ3n) is 5.10. The van der Waals surface area contributed by atoms with Gasteiger partial charge in [-0.3, -0.25) is 4.68 Å². The Bertz CT molecular complexity index is 1150. The Labute approximate surface area is 160 Å². The van der Waals surface area contributed by atoms with Gasteiger partial charge in [0.15, 0.2) is 11.5 Å². The molecule has 4 heterocycles. The second kappa shape index (κ2) is 5.91. The molecule has 0 aromatic carbocycles. The minimum Gasteiger partial charge on any atom is -0.263 e. The first-order valence-electron chi connectivity index (χ1n) is 9.13. The maximum Gasteiger partial charge on any atom is 0.180 e. The van der Waals surface area contributed by atoms with Crippen LogP contribution in [0.15, 0.2) is 12.1 Å². The van der Waals surface area contributed by atoms with E-state index in [9.17, 15) is 0 Å². The molecular weight excluding hydrogens is 360 g/mol. The molecule has 0 bridgehead atoms. The average Bonchev–Trinajstić information content (AvgIpc) is 2.98. The molecule has 5 rings (SSSR count). The summed E-state index contributed by atoms with van der Waals surface area (Å²) in [5.41, 5.74) is 4.90. The first-order chi connectivity index (χ1) is 13.0. The van der Waals surface area contributed by atoms with Crippen LogP contribution in [0.1, 0.15) is 53.1 Å². The van der Waals surface area contributed by atoms with Crippen molar-refractivity contribution in [2.75, 3.05) is 0 Å². The first-order valence-corrected chi connectivity index (χ1v) is 9.90. The number of fused-ring (bicyclic) bond motifs is 1. The predicted octanol–water partition coefficient (Wildman–Crippen LogP) is 3.06. The fourth-order valence-corrected chi connectivity index (χ4v) is 4.41. The van der Waals surface area contributed by atoms with Gasteiger partial charge in [-0.1, -0.05) is 0 Å². The molecule has 9 heteroatoms. The van der Waals surface area contributed by atoms with Crippen LogP contribution in [0.25, 0.3) is 17.0 Å². The Balaban J connectivity index is 1.53. The van der Waals surface area contributed by atoms with Crippen LogP contribution in [0.2, 0.25) is 0 Å². The molecule has 27 heavy (non-hydrogen) atoms. The van der Waals surface area contributed by atoms with Gasteiger partial charge in [0.1, 0.15) is 16.5 Å². The number of rotatable bonds is 4. The van der Waals surface area contributed by atoms with Crippen molar-refractivity contribution in [3.05, 3.63) is 40.0 Å². The van der Waals surface area contributed by atoms with Crippen LogP contribution in [-0.4, -0.2) is 38.9 Å². The lowest BCUT2D eigenvalue weighted by Crippen LogP contribution is -2.04. The van der Waals surface area contributed by atoms with Gasteiger partial charge in [0.25, 0.3) is 0 Å². The van der Waals surface area contributed by atoms with E-state index in [1.165, 1.54) is 11.5 Å². The highest BCUT2D eigenvalue weighted by Crippen LogP contribution is 2.54. The first kappa shape index (κ1) is 16.5. The summed E-state index contributed by atoms with van der Waals surface area (Å²) >= 11 is 1.51. The number of hydrogen-bond acceptors (Lipinski definition) is 7. The van der Waals surface area contributed by atoms with Gasteiger partial charge in [0.05, 0.1) is 11.4 Å². The number of nitrogens with zero attached hydrogens (tertiary/aromatic N) is 8. The monoisotopic (exact) mass is 380 g/mol. The van der Waals surface area contributed by atoms with Crippen LogP contribution in [0.5, 0.6) is 0 Å². The number of hydrogen-bond donors (Lipinski definition) is 0. The lowest BCUT2D eigenvalue weighted by atomic mass is 10.2. The minimum absolute atomic E-state index is 0.422. The number of aromatic nitrogens is 8. The standard InChI is InChI=1S/C18H20N8S/c1-5-25-16(15-6-9(2)17-21-20-11(4)26(17)23-15)8-14(22-25)12-7-13(12)18-19-10(3)24-27-18/h6,8,12-13H,5,7H2,1-4H3/t12-,13-/m1/s1. The molecule has 138 valence electrons. The van der Waals surface area contributed by atoms with E-state index in [-0.39, 0.29) is 0 Å². The highest BCUT2D eigenvalue weighted by Gasteiger charge is 2.44. The Morgan fingerprint density at radius 1 is 1.11 bits per heavy atom. The van der Waals surface area contributed by atoms with Crippen LogP contribution in [0.3, 0.4) is 0 Å². The third-order valence-corrected chi connectivity index (χ3v) is 6.04. The van der Waals surface area contributed by atoms with Gasteiger partial charge in [-0.15, -0.1) is 10.2 Å². The lowest BCUT2D eigenvalue weighted by Gasteiger charge is -2.06. The van der Waals surface area contributed by atoms with Crippen molar-refractivity contribution in [3.63, 3.8) is 0 Å². The maximum absolute atomic E-state index is 4.86. The summed E-state index contributed by atoms with van der Waals surface area (Å²) in [6.07, 6.45) is 1.09. The summed E-state index contributed by atoms with van der Waals surface area (Å²) in [6, 6.07) is 4.24. The van der Waals surface area contributed by atoms with Crippen molar-refractivity contribution >= 4 is 17.2 Å². The van der Waals surface area contributed by atoms with Crippen molar-refractivity contribution in [3.8, 4) is 11.4 Å². The molecule has 0 radical (unpaired) electrons. The van der Waals surface area contributed by atoms with Crippen molar-refractivity contribution in [1.82, 2.24) is 38.9 Å². The van der Waals surface area contributed by atoms with Gasteiger partial charge in [0, 0.05) is 18.4 Å². The van der Waals surface area contributed by atoms with Crippen molar-refractivity contribution in [2.24, 2.45) is 0 Å². The second-order valence-corrected chi connectivity index (χ2v) is 7.88. The molecule has 4 aromatic heterocycles. The van der Waals surface area contributed by atoms with Gasteiger partial charge >= 0.3 is 0 Å². The Kier molecular flexibility index (Phi) is 3.61. The van der Waals surface area contributed by atoms with E-state index in [1.807, 2.05) is 25.5 Å². The van der Waals surface area contributed by atoms with Gasteiger partial charge in [-0.25, -0.2) is 4.98 Å². The molecule has 4 aromatic rings. The fraction of sp³-hybridized carbons (Fsp3) is 0.444. The minimum atomic E-state index is 0.422. The molecule has 0 aliphatic heterocycles. The molecule has 0 N–H and O–H groups in total. The molecule has 0 amide bonds. The van der Waals surface area contributed by atoms with Crippen LogP contribution in [0.4, 0.5) is 0 Å². The lowest BCUT2D eigenvalue weighted by molar-refractivity contribution is 0.649. The largest absolute Gasteiger partial charge is 0.263 e. The van der Waals surface area contributed by atoms with E-state index >= 15 is 0 Å². The Hall–Kier alpha value is -2.68. The van der Waals surface area contributed by atoms with Crippen LogP contribution < -0.4 is 0 Å². The van der Waals surface area contributed by atoms with Crippen molar-refractivity contribution in [1.29, 1.82) is 0 Å². The van der Waals surface area contributed by atoms with Crippen molar-refractivity contribution < 1.29 is 0 Å². The van der Waals surface area contributed by atoms with E-state index < -0.39 is 0 Å². The normalized spacial score (nSPS) is 19.1. The summed E-state index contributed by atoms with van der Waals surface area (Å²) in [7, 11) is 0. The third kappa shape index (κ3) is 2.64. The summed E-state index contributed by atoms with van der Waals surface area (Å²) in [5.74, 6) is 2.51. The number of aryl methyl sites for hydroxylation is 4. The van der Waals surface area contributed by atoms with Gasteiger partial charge in [-0.2, -0.15) is 19.1 Å². The zero-order valence-corrected chi connectivity index (χ0v) is 16.5. The summed E-state index contributed by atoms with van der Waals surface area (Å²) in [6.45, 7) is 8.80. The predicted molar refractivity (Wildman–Crippen MR) is 102 cm³/mol. The van der Waals surface area contributed by atoms with E-state index in [0.717, 1.165) is 57.9 Å². The molecule has 8 nitrogen and oxygen atoms in total. The zero-order valence-electron chi connectivity index (χ0n) is 15.7. The van der Waals surface area contributed by atoms with Crippen LogP contribution in [-0.2, 0) is 6.54 Å². The van der Waals surface area contributed by atoms with Crippen molar-refractivity contribution in [2.45, 2.75) is 52.5 Å². The molecule has 0 unspecified atom stereocenters. The van der Waals surface area contributed by atoms with E-state index in [0.29, 0.717) is 11.8 Å². The summed E-state index contributed by atoms with van der Waals surface area (Å²) in [4.78, 5) is 4.55. The molecule has 0 saturated heterocycles. The quantitative estimate of drug-likeness (QED) is 0.541. The zero-order chi connectivity index (χ0) is 18.7. The topological polar surface area (TPSA) is 86.7 Å². The van der Waals surface area contributed by atoms with E-state index in [4.69, 9.17) is 10.2 Å². The maximum atomic E-state index is 4.86. The molecule has 1 fully saturated rings. The molecule has 2 atom stereocenters. The van der Waals surface area contributed by atoms with E-state index in [2.05, 4.69) is 38.6 Å². The average molecular weight is 380 g/mol. The van der Waals surface area contributed by atoms with Crippen LogP contribution >= 0.6 is 11.5 Å². The molecule has 1 aliphatic rings. The molecule has 1 aliphatic carbocycles. The highest BCUT2D eigenvalue weighted by molar-refractivity contribution is 7.05. The van der Waals surface area contributed by atoms with Gasteiger partial charge < -0.3 is 0 Å². The van der Waals surface area contributed by atoms with Gasteiger partial charge in [0.2, 0.25) is 0 Å². The highest BCUT2D eigenvalue weighted by atomic mass is 32.1. The molecule has 1 saturated carbocycles. The fourth-order valence-electron chi connectivity index (χ4n) is 3.58. The summed E-state index contributed by atoms with van der Waals surface area (Å²) in [5, 5.41) is 19.1.